The van der Waals surface area contributed by atoms with Gasteiger partial charge in [-0.2, -0.15) is 0 Å². The zero-order valence-corrected chi connectivity index (χ0v) is 48.4. The Morgan fingerprint density at radius 2 is 0.736 bits per heavy atom. The first-order valence-corrected chi connectivity index (χ1v) is 31.5. The molecular formula is C65H83N3O2Si2. The first kappa shape index (κ1) is 57.1. The minimum absolute atomic E-state index is 0.553. The summed E-state index contributed by atoms with van der Waals surface area (Å²) >= 11 is 0. The van der Waals surface area contributed by atoms with E-state index in [-0.39, 0.29) is 0 Å². The lowest BCUT2D eigenvalue weighted by Gasteiger charge is -2.38. The van der Waals surface area contributed by atoms with Crippen molar-refractivity contribution in [3.05, 3.63) is 125 Å². The molecule has 0 spiro atoms. The summed E-state index contributed by atoms with van der Waals surface area (Å²) in [6.07, 6.45) is 12.9. The third kappa shape index (κ3) is 15.6. The molecule has 378 valence electrons. The number of hydrogen-bond donors (Lipinski definition) is 0. The predicted molar refractivity (Wildman–Crippen MR) is 311 cm³/mol. The van der Waals surface area contributed by atoms with Crippen LogP contribution in [0, 0.1) is 46.6 Å². The Morgan fingerprint density at radius 3 is 1.06 bits per heavy atom. The fourth-order valence-corrected chi connectivity index (χ4v) is 21.0. The van der Waals surface area contributed by atoms with Crippen LogP contribution in [-0.4, -0.2) is 44.3 Å². The molecule has 0 amide bonds. The lowest BCUT2D eigenvalue weighted by Crippen LogP contribution is -2.43. The zero-order chi connectivity index (χ0) is 52.3. The van der Waals surface area contributed by atoms with Crippen molar-refractivity contribution >= 4 is 16.1 Å². The molecule has 3 aromatic heterocycles. The van der Waals surface area contributed by atoms with Gasteiger partial charge < -0.3 is 9.47 Å². The fourth-order valence-electron chi connectivity index (χ4n) is 10.6. The molecule has 5 nitrogen and oxygen atoms in total. The van der Waals surface area contributed by atoms with E-state index in [9.17, 15) is 0 Å². The van der Waals surface area contributed by atoms with Crippen molar-refractivity contribution in [1.29, 1.82) is 0 Å². The van der Waals surface area contributed by atoms with Crippen LogP contribution in [0.2, 0.25) is 33.2 Å². The molecule has 0 radical (unpaired) electrons. The largest absolute Gasteiger partial charge is 0.494 e. The van der Waals surface area contributed by atoms with E-state index in [2.05, 4.69) is 168 Å². The normalized spacial score (nSPS) is 11.5. The summed E-state index contributed by atoms with van der Waals surface area (Å²) in [5.41, 5.74) is 19.4. The Kier molecular flexibility index (Phi) is 22.1. The third-order valence-corrected chi connectivity index (χ3v) is 27.0. The van der Waals surface area contributed by atoms with Crippen molar-refractivity contribution in [1.82, 2.24) is 15.0 Å². The molecule has 0 N–H and O–H groups in total. The van der Waals surface area contributed by atoms with Crippen LogP contribution in [0.4, 0.5) is 0 Å². The molecule has 0 aliphatic rings. The number of hydrogen-bond acceptors (Lipinski definition) is 5. The molecule has 7 heteroatoms. The second-order valence-electron chi connectivity index (χ2n) is 21.4. The van der Waals surface area contributed by atoms with Crippen LogP contribution < -0.4 is 9.47 Å². The second kappa shape index (κ2) is 27.8. The molecular weight excluding hydrogens is 911 g/mol. The van der Waals surface area contributed by atoms with Crippen molar-refractivity contribution in [2.75, 3.05) is 13.2 Å². The lowest BCUT2D eigenvalue weighted by molar-refractivity contribution is 0.305. The van der Waals surface area contributed by atoms with Gasteiger partial charge in [-0.05, 0) is 119 Å². The maximum atomic E-state index is 6.29. The Labute approximate surface area is 438 Å². The van der Waals surface area contributed by atoms with Gasteiger partial charge in [0.2, 0.25) is 0 Å². The van der Waals surface area contributed by atoms with Crippen molar-refractivity contribution in [3.8, 4) is 80.9 Å². The third-order valence-electron chi connectivity index (χ3n) is 14.4. The minimum atomic E-state index is -1.92. The summed E-state index contributed by atoms with van der Waals surface area (Å²) in [6, 6.07) is 26.3. The maximum absolute atomic E-state index is 6.29. The molecule has 0 atom stereocenters. The van der Waals surface area contributed by atoms with E-state index in [1.165, 1.54) is 38.5 Å². The minimum Gasteiger partial charge on any atom is -0.494 e. The molecule has 0 unspecified atom stereocenters. The molecule has 0 aliphatic carbocycles. The van der Waals surface area contributed by atoms with E-state index in [4.69, 9.17) is 24.4 Å². The van der Waals surface area contributed by atoms with E-state index in [0.29, 0.717) is 46.5 Å². The van der Waals surface area contributed by atoms with Crippen LogP contribution in [0.5, 0.6) is 11.5 Å². The van der Waals surface area contributed by atoms with Crippen LogP contribution in [-0.2, 0) is 0 Å². The molecule has 0 aliphatic heterocycles. The Morgan fingerprint density at radius 1 is 0.389 bits per heavy atom. The fraction of sp³-hybridized carbons (Fsp3) is 0.462. The summed E-state index contributed by atoms with van der Waals surface area (Å²) in [6.45, 7) is 34.0. The standard InChI is InChI=1S/C65H83N3O2Si2/c1-15-17-19-21-36-69-60-42-56(40-58(44-60)34-38-71(48(3)4,49(5)6)50(7)8)28-26-54-30-32-62(66-46-54)64-24-23-25-65(68-64)63-33-31-55(47-67-63)27-29-57-41-59(45-61(43-57)70-37-22-20-18-16-2)35-39-72(51(9)10,52(11)12)53(13)14/h23-25,30-33,40-53H,15-22,36-37H2,1-14H3. The number of pyridine rings is 3. The second-order valence-corrected chi connectivity index (χ2v) is 32.5. The summed E-state index contributed by atoms with van der Waals surface area (Å²) < 4.78 is 12.6. The van der Waals surface area contributed by atoms with Crippen LogP contribution >= 0.6 is 0 Å². The molecule has 0 saturated heterocycles. The Balaban J connectivity index is 1.36. The molecule has 0 fully saturated rings. The maximum Gasteiger partial charge on any atom is 0.146 e. The van der Waals surface area contributed by atoms with Gasteiger partial charge in [0.1, 0.15) is 27.6 Å². The van der Waals surface area contributed by atoms with E-state index < -0.39 is 16.1 Å². The highest BCUT2D eigenvalue weighted by Gasteiger charge is 2.42. The molecule has 3 heterocycles. The highest BCUT2D eigenvalue weighted by Crippen LogP contribution is 2.42. The summed E-state index contributed by atoms with van der Waals surface area (Å²) in [5, 5.41) is 0. The van der Waals surface area contributed by atoms with E-state index in [1.807, 2.05) is 67.0 Å². The number of ether oxygens (including phenoxy) is 2. The SMILES string of the molecule is CCCCCCOc1cc(C#Cc2ccc(-c3cccc(-c4ccc(C#Cc5cc(C#C[Si](C(C)C)(C(C)C)C(C)C)cc(OCCCCCC)c5)cn4)n3)nc2)cc(C#C[Si](C(C)C)(C(C)C)C(C)C)c1. The van der Waals surface area contributed by atoms with Gasteiger partial charge in [0.05, 0.1) is 36.0 Å². The van der Waals surface area contributed by atoms with Gasteiger partial charge >= 0.3 is 0 Å². The van der Waals surface area contributed by atoms with Crippen molar-refractivity contribution in [2.24, 2.45) is 0 Å². The average Bonchev–Trinajstić information content (AvgIpc) is 3.35. The van der Waals surface area contributed by atoms with Crippen LogP contribution in [0.3, 0.4) is 0 Å². The van der Waals surface area contributed by atoms with Gasteiger partial charge in [-0.15, -0.1) is 11.1 Å². The number of benzene rings is 2. The zero-order valence-electron chi connectivity index (χ0n) is 46.4. The van der Waals surface area contributed by atoms with E-state index in [1.54, 1.807) is 0 Å². The van der Waals surface area contributed by atoms with Gasteiger partial charge in [-0.3, -0.25) is 9.97 Å². The van der Waals surface area contributed by atoms with E-state index >= 15 is 0 Å². The smallest absolute Gasteiger partial charge is 0.146 e. The molecule has 72 heavy (non-hydrogen) atoms. The van der Waals surface area contributed by atoms with Crippen molar-refractivity contribution in [3.63, 3.8) is 0 Å². The first-order chi connectivity index (χ1) is 34.5. The van der Waals surface area contributed by atoms with Gasteiger partial charge in [-0.25, -0.2) is 4.98 Å². The summed E-state index contributed by atoms with van der Waals surface area (Å²) in [7, 11) is -3.83. The van der Waals surface area contributed by atoms with E-state index in [0.717, 1.165) is 80.5 Å². The monoisotopic (exact) mass is 994 g/mol. The molecule has 0 bridgehead atoms. The van der Waals surface area contributed by atoms with Gasteiger partial charge in [0.15, 0.2) is 0 Å². The molecule has 2 aromatic carbocycles. The van der Waals surface area contributed by atoms with Crippen LogP contribution in [0.25, 0.3) is 22.8 Å². The highest BCUT2D eigenvalue weighted by molar-refractivity contribution is 6.91. The number of rotatable bonds is 20. The average molecular weight is 995 g/mol. The molecule has 0 saturated carbocycles. The van der Waals surface area contributed by atoms with Gasteiger partial charge in [0, 0.05) is 45.8 Å². The Hall–Kier alpha value is -5.84. The van der Waals surface area contributed by atoms with Crippen molar-refractivity contribution < 1.29 is 9.47 Å². The first-order valence-electron chi connectivity index (χ1n) is 27.1. The molecule has 5 aromatic rings. The molecule has 5 rings (SSSR count). The van der Waals surface area contributed by atoms with Crippen LogP contribution in [0.1, 0.15) is 182 Å². The Bertz CT molecular complexity index is 2550. The van der Waals surface area contributed by atoms with Crippen molar-refractivity contribution in [2.45, 2.75) is 182 Å². The van der Waals surface area contributed by atoms with Crippen LogP contribution in [0.15, 0.2) is 91.3 Å². The lowest BCUT2D eigenvalue weighted by atomic mass is 10.1. The quantitative estimate of drug-likeness (QED) is 0.0442. The summed E-state index contributed by atoms with van der Waals surface area (Å²) in [4.78, 5) is 14.6. The number of unbranched alkanes of at least 4 members (excludes halogenated alkanes) is 6. The number of nitrogens with zero attached hydrogens (tertiary/aromatic N) is 3. The summed E-state index contributed by atoms with van der Waals surface area (Å²) in [5.74, 6) is 22.4. The topological polar surface area (TPSA) is 57.1 Å². The highest BCUT2D eigenvalue weighted by atomic mass is 28.3. The van der Waals surface area contributed by atoms with Gasteiger partial charge in [-0.1, -0.05) is 177 Å². The predicted octanol–water partition coefficient (Wildman–Crippen LogP) is 17.1. The van der Waals surface area contributed by atoms with Gasteiger partial charge in [0.25, 0.3) is 0 Å². The number of aromatic nitrogens is 3.